The van der Waals surface area contributed by atoms with Gasteiger partial charge in [0, 0.05) is 11.6 Å². The van der Waals surface area contributed by atoms with Gasteiger partial charge >= 0.3 is 0 Å². The predicted molar refractivity (Wildman–Crippen MR) is 101 cm³/mol. The SMILES string of the molecule is COc1ccc(-c2cccc(Cl)c2[N+](=O)[O-])c(OCc2ccccc2)c1. The molecule has 0 radical (unpaired) electrons. The second-order valence-corrected chi connectivity index (χ2v) is 5.94. The maximum Gasteiger partial charge on any atom is 0.295 e. The molecular weight excluding hydrogens is 354 g/mol. The quantitative estimate of drug-likeness (QED) is 0.425. The van der Waals surface area contributed by atoms with E-state index in [-0.39, 0.29) is 10.7 Å². The smallest absolute Gasteiger partial charge is 0.295 e. The summed E-state index contributed by atoms with van der Waals surface area (Å²) in [6, 6.07) is 19.7. The first-order valence-corrected chi connectivity index (χ1v) is 8.26. The fourth-order valence-electron chi connectivity index (χ4n) is 2.63. The van der Waals surface area contributed by atoms with Crippen LogP contribution in [0.2, 0.25) is 5.02 Å². The lowest BCUT2D eigenvalue weighted by Gasteiger charge is -2.14. The minimum Gasteiger partial charge on any atom is -0.497 e. The van der Waals surface area contributed by atoms with Gasteiger partial charge in [-0.2, -0.15) is 0 Å². The van der Waals surface area contributed by atoms with Crippen LogP contribution in [0, 0.1) is 10.1 Å². The van der Waals surface area contributed by atoms with E-state index in [1.54, 1.807) is 37.4 Å². The number of rotatable bonds is 6. The van der Waals surface area contributed by atoms with Gasteiger partial charge in [0.1, 0.15) is 23.1 Å². The van der Waals surface area contributed by atoms with Crippen molar-refractivity contribution in [3.63, 3.8) is 0 Å². The Kier molecular flexibility index (Phi) is 5.39. The van der Waals surface area contributed by atoms with Crippen LogP contribution < -0.4 is 9.47 Å². The Labute approximate surface area is 155 Å². The first-order valence-electron chi connectivity index (χ1n) is 7.88. The molecule has 0 fully saturated rings. The molecule has 0 spiro atoms. The molecule has 0 atom stereocenters. The Morgan fingerprint density at radius 2 is 1.77 bits per heavy atom. The van der Waals surface area contributed by atoms with E-state index in [1.807, 2.05) is 30.3 Å². The Bertz CT molecular complexity index is 928. The maximum atomic E-state index is 11.5. The van der Waals surface area contributed by atoms with Gasteiger partial charge in [0.25, 0.3) is 5.69 Å². The minimum absolute atomic E-state index is 0.0809. The van der Waals surface area contributed by atoms with E-state index in [2.05, 4.69) is 0 Å². The van der Waals surface area contributed by atoms with Crippen LogP contribution in [0.15, 0.2) is 66.7 Å². The highest BCUT2D eigenvalue weighted by molar-refractivity contribution is 6.33. The molecule has 0 saturated carbocycles. The summed E-state index contributed by atoms with van der Waals surface area (Å²) < 4.78 is 11.2. The molecule has 3 aromatic rings. The summed E-state index contributed by atoms with van der Waals surface area (Å²) in [5.41, 5.74) is 1.81. The number of para-hydroxylation sites is 1. The molecule has 3 rings (SSSR count). The molecule has 0 unspecified atom stereocenters. The highest BCUT2D eigenvalue weighted by atomic mass is 35.5. The standard InChI is InChI=1S/C20H16ClNO4/c1-25-15-10-11-16(17-8-5-9-18(21)20(17)22(23)24)19(12-15)26-13-14-6-3-2-4-7-14/h2-12H,13H2,1H3. The number of ether oxygens (including phenoxy) is 2. The summed E-state index contributed by atoms with van der Waals surface area (Å²) in [4.78, 5) is 11.0. The van der Waals surface area contributed by atoms with Crippen molar-refractivity contribution in [1.29, 1.82) is 0 Å². The molecule has 0 aromatic heterocycles. The summed E-state index contributed by atoms with van der Waals surface area (Å²) in [7, 11) is 1.55. The molecule has 0 aliphatic carbocycles. The van der Waals surface area contributed by atoms with Gasteiger partial charge in [-0.3, -0.25) is 10.1 Å². The minimum atomic E-state index is -0.483. The van der Waals surface area contributed by atoms with Gasteiger partial charge in [-0.15, -0.1) is 0 Å². The number of nitro groups is 1. The first kappa shape index (κ1) is 17.8. The number of benzene rings is 3. The number of nitrogens with zero attached hydrogens (tertiary/aromatic N) is 1. The van der Waals surface area contributed by atoms with E-state index in [0.717, 1.165) is 5.56 Å². The van der Waals surface area contributed by atoms with Crippen molar-refractivity contribution in [2.45, 2.75) is 6.61 Å². The highest BCUT2D eigenvalue weighted by Gasteiger charge is 2.22. The number of methoxy groups -OCH3 is 1. The molecule has 5 nitrogen and oxygen atoms in total. The van der Waals surface area contributed by atoms with Crippen LogP contribution in [0.3, 0.4) is 0 Å². The Balaban J connectivity index is 2.05. The van der Waals surface area contributed by atoms with Crippen LogP contribution in [-0.4, -0.2) is 12.0 Å². The van der Waals surface area contributed by atoms with Gasteiger partial charge in [-0.1, -0.05) is 48.0 Å². The fraction of sp³-hybridized carbons (Fsp3) is 0.100. The number of hydrogen-bond acceptors (Lipinski definition) is 4. The van der Waals surface area contributed by atoms with Crippen molar-refractivity contribution in [1.82, 2.24) is 0 Å². The zero-order valence-corrected chi connectivity index (χ0v) is 14.8. The first-order chi connectivity index (χ1) is 12.6. The third kappa shape index (κ3) is 3.78. The molecule has 132 valence electrons. The average Bonchev–Trinajstić information content (AvgIpc) is 2.66. The normalized spacial score (nSPS) is 10.4. The van der Waals surface area contributed by atoms with Crippen LogP contribution in [-0.2, 0) is 6.61 Å². The monoisotopic (exact) mass is 369 g/mol. The molecule has 26 heavy (non-hydrogen) atoms. The third-order valence-electron chi connectivity index (χ3n) is 3.89. The zero-order chi connectivity index (χ0) is 18.5. The van der Waals surface area contributed by atoms with E-state index in [9.17, 15) is 10.1 Å². The van der Waals surface area contributed by atoms with Crippen molar-refractivity contribution >= 4 is 17.3 Å². The Morgan fingerprint density at radius 3 is 2.46 bits per heavy atom. The predicted octanol–water partition coefficient (Wildman–Crippen LogP) is 5.50. The van der Waals surface area contributed by atoms with Crippen molar-refractivity contribution in [2.24, 2.45) is 0 Å². The van der Waals surface area contributed by atoms with Crippen molar-refractivity contribution in [2.75, 3.05) is 7.11 Å². The lowest BCUT2D eigenvalue weighted by molar-refractivity contribution is -0.384. The van der Waals surface area contributed by atoms with Gasteiger partial charge in [0.2, 0.25) is 0 Å². The lowest BCUT2D eigenvalue weighted by Crippen LogP contribution is -1.99. The molecule has 6 heteroatoms. The number of hydrogen-bond donors (Lipinski definition) is 0. The van der Waals surface area contributed by atoms with E-state index in [1.165, 1.54) is 6.07 Å². The van der Waals surface area contributed by atoms with Gasteiger partial charge in [-0.25, -0.2) is 0 Å². The molecule has 0 heterocycles. The van der Waals surface area contributed by atoms with Crippen molar-refractivity contribution in [3.05, 3.63) is 87.4 Å². The second-order valence-electron chi connectivity index (χ2n) is 5.53. The summed E-state index contributed by atoms with van der Waals surface area (Å²) in [6.45, 7) is 0.329. The summed E-state index contributed by atoms with van der Waals surface area (Å²) in [5.74, 6) is 1.08. The van der Waals surface area contributed by atoms with Crippen LogP contribution in [0.25, 0.3) is 11.1 Å². The lowest BCUT2D eigenvalue weighted by atomic mass is 10.0. The summed E-state index contributed by atoms with van der Waals surface area (Å²) in [5, 5.41) is 11.6. The van der Waals surface area contributed by atoms with E-state index in [0.29, 0.717) is 29.2 Å². The number of halogens is 1. The topological polar surface area (TPSA) is 61.6 Å². The summed E-state index contributed by atoms with van der Waals surface area (Å²) >= 11 is 6.05. The van der Waals surface area contributed by atoms with E-state index >= 15 is 0 Å². The third-order valence-corrected chi connectivity index (χ3v) is 4.19. The van der Waals surface area contributed by atoms with Gasteiger partial charge < -0.3 is 9.47 Å². The van der Waals surface area contributed by atoms with E-state index in [4.69, 9.17) is 21.1 Å². The number of nitro benzene ring substituents is 1. The fourth-order valence-corrected chi connectivity index (χ4v) is 2.87. The van der Waals surface area contributed by atoms with Gasteiger partial charge in [-0.05, 0) is 29.8 Å². The molecule has 0 bridgehead atoms. The Morgan fingerprint density at radius 1 is 1.00 bits per heavy atom. The highest BCUT2D eigenvalue weighted by Crippen LogP contribution is 2.41. The maximum absolute atomic E-state index is 11.5. The summed E-state index contributed by atoms with van der Waals surface area (Å²) in [6.07, 6.45) is 0. The van der Waals surface area contributed by atoms with Crippen molar-refractivity contribution < 1.29 is 14.4 Å². The zero-order valence-electron chi connectivity index (χ0n) is 14.0. The van der Waals surface area contributed by atoms with Crippen LogP contribution in [0.4, 0.5) is 5.69 Å². The van der Waals surface area contributed by atoms with Crippen molar-refractivity contribution in [3.8, 4) is 22.6 Å². The second kappa shape index (κ2) is 7.89. The van der Waals surface area contributed by atoms with Gasteiger partial charge in [0.15, 0.2) is 0 Å². The molecule has 0 N–H and O–H groups in total. The largest absolute Gasteiger partial charge is 0.497 e. The van der Waals surface area contributed by atoms with Crippen LogP contribution >= 0.6 is 11.6 Å². The van der Waals surface area contributed by atoms with E-state index < -0.39 is 4.92 Å². The van der Waals surface area contributed by atoms with Gasteiger partial charge in [0.05, 0.1) is 17.6 Å². The molecule has 0 saturated heterocycles. The Hall–Kier alpha value is -3.05. The molecule has 3 aromatic carbocycles. The average molecular weight is 370 g/mol. The molecular formula is C20H16ClNO4. The molecule has 0 aliphatic rings. The van der Waals surface area contributed by atoms with Crippen LogP contribution in [0.1, 0.15) is 5.56 Å². The molecule has 0 amide bonds. The molecule has 0 aliphatic heterocycles. The van der Waals surface area contributed by atoms with Crippen LogP contribution in [0.5, 0.6) is 11.5 Å².